The molecule has 2 atom stereocenters. The summed E-state index contributed by atoms with van der Waals surface area (Å²) in [6, 6.07) is 6.11. The molecule has 9 heteroatoms. The third-order valence-corrected chi connectivity index (χ3v) is 6.42. The molecule has 1 aliphatic heterocycles. The number of carbonyl (C=O) groups is 1. The van der Waals surface area contributed by atoms with Gasteiger partial charge in [0.15, 0.2) is 5.65 Å². The van der Waals surface area contributed by atoms with Gasteiger partial charge in [0.1, 0.15) is 17.6 Å². The predicted octanol–water partition coefficient (Wildman–Crippen LogP) is 2.62. The SMILES string of the molecule is Cc1[nH]nc2nc(-c3ccc(O)cc3F)c(C#N)c(C3CC3C(=O)NC3CCNCC3)c12. The molecule has 1 aromatic carbocycles. The zero-order valence-corrected chi connectivity index (χ0v) is 17.6. The highest BCUT2D eigenvalue weighted by Gasteiger charge is 2.47. The number of halogens is 1. The van der Waals surface area contributed by atoms with E-state index in [2.05, 4.69) is 31.9 Å². The normalized spacial score (nSPS) is 20.8. The highest BCUT2D eigenvalue weighted by molar-refractivity contribution is 5.92. The van der Waals surface area contributed by atoms with Crippen LogP contribution in [-0.2, 0) is 4.79 Å². The van der Waals surface area contributed by atoms with Crippen molar-refractivity contribution in [2.75, 3.05) is 13.1 Å². The first-order chi connectivity index (χ1) is 15.5. The highest BCUT2D eigenvalue weighted by atomic mass is 19.1. The number of amides is 1. The average molecular weight is 434 g/mol. The minimum Gasteiger partial charge on any atom is -0.508 e. The molecule has 164 valence electrons. The maximum absolute atomic E-state index is 14.7. The minimum absolute atomic E-state index is 0.00531. The van der Waals surface area contributed by atoms with Crippen LogP contribution < -0.4 is 10.6 Å². The smallest absolute Gasteiger partial charge is 0.223 e. The molecule has 0 bridgehead atoms. The molecule has 2 aromatic heterocycles. The average Bonchev–Trinajstić information content (AvgIpc) is 3.50. The molecule has 5 rings (SSSR count). The summed E-state index contributed by atoms with van der Waals surface area (Å²) in [5, 5.41) is 33.9. The van der Waals surface area contributed by atoms with Crippen LogP contribution in [0.3, 0.4) is 0 Å². The van der Waals surface area contributed by atoms with Gasteiger partial charge in [0.25, 0.3) is 0 Å². The lowest BCUT2D eigenvalue weighted by Crippen LogP contribution is -2.43. The monoisotopic (exact) mass is 434 g/mol. The third kappa shape index (κ3) is 3.46. The van der Waals surface area contributed by atoms with E-state index in [0.717, 1.165) is 37.7 Å². The zero-order valence-electron chi connectivity index (χ0n) is 17.6. The Labute approximate surface area is 183 Å². The number of benzene rings is 1. The predicted molar refractivity (Wildman–Crippen MR) is 115 cm³/mol. The van der Waals surface area contributed by atoms with E-state index in [-0.39, 0.29) is 46.4 Å². The Balaban J connectivity index is 1.56. The fourth-order valence-corrected chi connectivity index (χ4v) is 4.69. The lowest BCUT2D eigenvalue weighted by molar-refractivity contribution is -0.123. The van der Waals surface area contributed by atoms with E-state index in [1.165, 1.54) is 12.1 Å². The second-order valence-electron chi connectivity index (χ2n) is 8.55. The number of phenolic OH excluding ortho intramolecular Hbond substituents is 1. The molecule has 1 aliphatic carbocycles. The Kier molecular flexibility index (Phi) is 5.02. The number of fused-ring (bicyclic) bond motifs is 1. The van der Waals surface area contributed by atoms with Gasteiger partial charge in [-0.05, 0) is 62.9 Å². The Morgan fingerprint density at radius 1 is 1.34 bits per heavy atom. The van der Waals surface area contributed by atoms with Crippen molar-refractivity contribution in [2.24, 2.45) is 5.92 Å². The van der Waals surface area contributed by atoms with Crippen molar-refractivity contribution in [3.8, 4) is 23.1 Å². The van der Waals surface area contributed by atoms with Crippen LogP contribution in [0.5, 0.6) is 5.75 Å². The van der Waals surface area contributed by atoms with Crippen molar-refractivity contribution >= 4 is 16.9 Å². The fourth-order valence-electron chi connectivity index (χ4n) is 4.69. The molecule has 3 aromatic rings. The summed E-state index contributed by atoms with van der Waals surface area (Å²) in [4.78, 5) is 17.4. The van der Waals surface area contributed by atoms with Crippen molar-refractivity contribution in [1.29, 1.82) is 5.26 Å². The number of aryl methyl sites for hydroxylation is 1. The molecule has 1 saturated carbocycles. The van der Waals surface area contributed by atoms with Crippen molar-refractivity contribution < 1.29 is 14.3 Å². The zero-order chi connectivity index (χ0) is 22.4. The van der Waals surface area contributed by atoms with E-state index in [0.29, 0.717) is 23.0 Å². The fraction of sp³-hybridized carbons (Fsp3) is 0.391. The number of nitriles is 1. The quantitative estimate of drug-likeness (QED) is 0.500. The van der Waals surface area contributed by atoms with Crippen LogP contribution in [0.25, 0.3) is 22.3 Å². The molecule has 32 heavy (non-hydrogen) atoms. The first kappa shape index (κ1) is 20.4. The first-order valence-electron chi connectivity index (χ1n) is 10.8. The van der Waals surface area contributed by atoms with Gasteiger partial charge in [-0.1, -0.05) is 0 Å². The van der Waals surface area contributed by atoms with Crippen LogP contribution >= 0.6 is 0 Å². The summed E-state index contributed by atoms with van der Waals surface area (Å²) in [6.45, 7) is 3.62. The molecule has 2 unspecified atom stereocenters. The van der Waals surface area contributed by atoms with Crippen molar-refractivity contribution in [3.05, 3.63) is 40.8 Å². The summed E-state index contributed by atoms with van der Waals surface area (Å²) in [5.74, 6) is -1.29. The largest absolute Gasteiger partial charge is 0.508 e. The number of hydrogen-bond acceptors (Lipinski definition) is 6. The molecule has 1 amide bonds. The number of aromatic hydroxyl groups is 1. The summed E-state index contributed by atoms with van der Waals surface area (Å²) < 4.78 is 14.7. The van der Waals surface area contributed by atoms with Crippen LogP contribution in [0.1, 0.15) is 42.0 Å². The molecule has 0 radical (unpaired) electrons. The minimum atomic E-state index is -0.678. The number of nitrogens with one attached hydrogen (secondary N) is 3. The number of carbonyl (C=O) groups excluding carboxylic acids is 1. The van der Waals surface area contributed by atoms with Crippen LogP contribution in [0, 0.1) is 30.0 Å². The molecule has 3 heterocycles. The number of phenols is 1. The lowest BCUT2D eigenvalue weighted by Gasteiger charge is -2.23. The summed E-state index contributed by atoms with van der Waals surface area (Å²) in [5.41, 5.74) is 2.35. The van der Waals surface area contributed by atoms with E-state index >= 15 is 0 Å². The number of pyridine rings is 1. The molecule has 1 saturated heterocycles. The van der Waals surface area contributed by atoms with Gasteiger partial charge in [-0.25, -0.2) is 9.37 Å². The Hall–Kier alpha value is -3.51. The van der Waals surface area contributed by atoms with E-state index in [9.17, 15) is 19.6 Å². The number of hydrogen-bond donors (Lipinski definition) is 4. The molecular weight excluding hydrogens is 411 g/mol. The summed E-state index contributed by atoms with van der Waals surface area (Å²) in [7, 11) is 0. The maximum atomic E-state index is 14.7. The van der Waals surface area contributed by atoms with Crippen LogP contribution in [0.15, 0.2) is 18.2 Å². The number of nitrogens with zero attached hydrogens (tertiary/aromatic N) is 3. The molecular formula is C23H23FN6O2. The van der Waals surface area contributed by atoms with E-state index in [4.69, 9.17) is 0 Å². The number of rotatable bonds is 4. The highest BCUT2D eigenvalue weighted by Crippen LogP contribution is 2.52. The molecule has 2 aliphatic rings. The molecule has 2 fully saturated rings. The van der Waals surface area contributed by atoms with Crippen LogP contribution in [0.4, 0.5) is 4.39 Å². The third-order valence-electron chi connectivity index (χ3n) is 6.42. The van der Waals surface area contributed by atoms with Gasteiger partial charge in [0.05, 0.1) is 11.3 Å². The van der Waals surface area contributed by atoms with E-state index in [1.54, 1.807) is 0 Å². The van der Waals surface area contributed by atoms with Gasteiger partial charge < -0.3 is 15.7 Å². The van der Waals surface area contributed by atoms with Crippen molar-refractivity contribution in [2.45, 2.75) is 38.1 Å². The van der Waals surface area contributed by atoms with E-state index in [1.807, 2.05) is 6.92 Å². The Morgan fingerprint density at radius 3 is 2.84 bits per heavy atom. The van der Waals surface area contributed by atoms with Crippen LogP contribution in [-0.4, -0.2) is 45.3 Å². The molecule has 0 spiro atoms. The summed E-state index contributed by atoms with van der Waals surface area (Å²) >= 11 is 0. The van der Waals surface area contributed by atoms with Crippen LogP contribution in [0.2, 0.25) is 0 Å². The van der Waals surface area contributed by atoms with Gasteiger partial charge in [0, 0.05) is 34.7 Å². The number of piperidine rings is 1. The first-order valence-corrected chi connectivity index (χ1v) is 10.8. The molecule has 8 nitrogen and oxygen atoms in total. The van der Waals surface area contributed by atoms with Crippen molar-refractivity contribution in [3.63, 3.8) is 0 Å². The second-order valence-corrected chi connectivity index (χ2v) is 8.55. The standard InChI is InChI=1S/C23H23FN6O2/c1-11-19-20(15-9-16(15)23(32)27-12-4-6-26-7-5-12)17(10-25)21(28-22(19)30-29-11)14-3-2-13(31)8-18(14)24/h2-3,8,12,15-16,26,31H,4-7,9H2,1H3,(H,27,32)(H,28,29,30). The molecule has 4 N–H and O–H groups in total. The van der Waals surface area contributed by atoms with Gasteiger partial charge in [-0.3, -0.25) is 9.89 Å². The topological polar surface area (TPSA) is 127 Å². The number of aromatic amines is 1. The van der Waals surface area contributed by atoms with Crippen molar-refractivity contribution in [1.82, 2.24) is 25.8 Å². The maximum Gasteiger partial charge on any atom is 0.223 e. The lowest BCUT2D eigenvalue weighted by atomic mass is 9.94. The van der Waals surface area contributed by atoms with Gasteiger partial charge in [-0.15, -0.1) is 0 Å². The summed E-state index contributed by atoms with van der Waals surface area (Å²) in [6.07, 6.45) is 2.42. The van der Waals surface area contributed by atoms with Gasteiger partial charge in [-0.2, -0.15) is 10.4 Å². The Morgan fingerprint density at radius 2 is 2.12 bits per heavy atom. The van der Waals surface area contributed by atoms with E-state index < -0.39 is 5.82 Å². The van der Waals surface area contributed by atoms with Gasteiger partial charge in [0.2, 0.25) is 5.91 Å². The number of H-pyrrole nitrogens is 1. The Bertz CT molecular complexity index is 1260. The number of aromatic nitrogens is 3. The second kappa shape index (κ2) is 7.88. The van der Waals surface area contributed by atoms with Gasteiger partial charge >= 0.3 is 0 Å².